The van der Waals surface area contributed by atoms with Crippen LogP contribution in [0, 0.1) is 13.8 Å². The van der Waals surface area contributed by atoms with Crippen molar-refractivity contribution in [3.63, 3.8) is 0 Å². The molecule has 0 aliphatic carbocycles. The Kier molecular flexibility index (Phi) is 5.49. The van der Waals surface area contributed by atoms with Gasteiger partial charge in [-0.3, -0.25) is 9.59 Å². The van der Waals surface area contributed by atoms with Crippen molar-refractivity contribution in [1.82, 2.24) is 9.88 Å². The third-order valence-electron chi connectivity index (χ3n) is 5.45. The zero-order valence-electron chi connectivity index (χ0n) is 16.9. The van der Waals surface area contributed by atoms with E-state index in [1.54, 1.807) is 4.90 Å². The summed E-state index contributed by atoms with van der Waals surface area (Å²) in [5, 5.41) is 0.972. The van der Waals surface area contributed by atoms with E-state index < -0.39 is 6.10 Å². The van der Waals surface area contributed by atoms with E-state index >= 15 is 0 Å². The molecule has 0 spiro atoms. The summed E-state index contributed by atoms with van der Waals surface area (Å²) in [5.74, 6) is -0.0492. The first-order valence-corrected chi connectivity index (χ1v) is 10.1. The van der Waals surface area contributed by atoms with Crippen LogP contribution in [0.2, 0.25) is 0 Å². The number of aryl methyl sites for hydroxylation is 2. The molecule has 1 aromatic heterocycles. The Bertz CT molecular complexity index is 1080. The van der Waals surface area contributed by atoms with Gasteiger partial charge in [-0.2, -0.15) is 0 Å². The van der Waals surface area contributed by atoms with Crippen LogP contribution >= 0.6 is 0 Å². The fraction of sp³-hybridized carbons (Fsp3) is 0.333. The van der Waals surface area contributed by atoms with Gasteiger partial charge < -0.3 is 14.6 Å². The summed E-state index contributed by atoms with van der Waals surface area (Å²) in [6.45, 7) is 5.38. The number of hydrogen-bond donors (Lipinski definition) is 1. The summed E-state index contributed by atoms with van der Waals surface area (Å²) < 4.78 is 5.63. The number of nitrogens with one attached hydrogen (secondary N) is 1. The lowest BCUT2D eigenvalue weighted by atomic mass is 10.1. The Hall–Kier alpha value is -2.92. The molecule has 5 heteroatoms. The van der Waals surface area contributed by atoms with Crippen molar-refractivity contribution in [3.8, 4) is 0 Å². The van der Waals surface area contributed by atoms with Crippen molar-refractivity contribution in [2.75, 3.05) is 6.61 Å². The zero-order chi connectivity index (χ0) is 20.4. The summed E-state index contributed by atoms with van der Waals surface area (Å²) >= 11 is 0. The van der Waals surface area contributed by atoms with Crippen LogP contribution in [0.3, 0.4) is 0 Å². The molecule has 1 aliphatic heterocycles. The fourth-order valence-corrected chi connectivity index (χ4v) is 3.80. The van der Waals surface area contributed by atoms with Crippen LogP contribution in [0.1, 0.15) is 35.1 Å². The molecule has 0 radical (unpaired) electrons. The summed E-state index contributed by atoms with van der Waals surface area (Å²) in [6.07, 6.45) is 1.21. The van der Waals surface area contributed by atoms with Gasteiger partial charge in [-0.25, -0.2) is 0 Å². The quantitative estimate of drug-likeness (QED) is 0.720. The van der Waals surface area contributed by atoms with Crippen LogP contribution in [0.15, 0.2) is 53.3 Å². The molecule has 4 rings (SSSR count). The fourth-order valence-electron chi connectivity index (χ4n) is 3.80. The first kappa shape index (κ1) is 19.4. The van der Waals surface area contributed by atoms with Gasteiger partial charge in [0.2, 0.25) is 0 Å². The molecule has 5 nitrogen and oxygen atoms in total. The number of aromatic nitrogens is 1. The summed E-state index contributed by atoms with van der Waals surface area (Å²) in [7, 11) is 0. The summed E-state index contributed by atoms with van der Waals surface area (Å²) in [5.41, 5.74) is 4.57. The van der Waals surface area contributed by atoms with E-state index in [-0.39, 0.29) is 18.0 Å². The van der Waals surface area contributed by atoms with E-state index in [1.165, 1.54) is 5.56 Å². The number of ether oxygens (including phenoxy) is 1. The van der Waals surface area contributed by atoms with Crippen LogP contribution in [0.25, 0.3) is 10.9 Å². The summed E-state index contributed by atoms with van der Waals surface area (Å²) in [6, 6.07) is 16.0. The molecule has 1 atom stereocenters. The van der Waals surface area contributed by atoms with Gasteiger partial charge in [-0.15, -0.1) is 0 Å². The largest absolute Gasteiger partial charge is 0.368 e. The third kappa shape index (κ3) is 4.40. The molecule has 1 saturated heterocycles. The van der Waals surface area contributed by atoms with Crippen molar-refractivity contribution in [2.24, 2.45) is 0 Å². The number of H-pyrrole nitrogens is 1. The predicted molar refractivity (Wildman–Crippen MR) is 114 cm³/mol. The first-order chi connectivity index (χ1) is 14.0. The number of benzene rings is 2. The molecular formula is C24H26N2O3. The number of hydrogen-bond acceptors (Lipinski definition) is 3. The van der Waals surface area contributed by atoms with Gasteiger partial charge in [0.25, 0.3) is 11.5 Å². The lowest BCUT2D eigenvalue weighted by molar-refractivity contribution is -0.142. The maximum Gasteiger partial charge on any atom is 0.253 e. The number of fused-ring (bicyclic) bond motifs is 1. The third-order valence-corrected chi connectivity index (χ3v) is 5.45. The molecule has 2 aromatic carbocycles. The number of carbonyl (C=O) groups is 1. The molecule has 0 unspecified atom stereocenters. The molecule has 0 bridgehead atoms. The Morgan fingerprint density at radius 3 is 2.55 bits per heavy atom. The normalized spacial score (nSPS) is 16.3. The van der Waals surface area contributed by atoms with Crippen LogP contribution in [0.4, 0.5) is 0 Å². The van der Waals surface area contributed by atoms with E-state index in [4.69, 9.17) is 4.74 Å². The highest BCUT2D eigenvalue weighted by atomic mass is 16.5. The predicted octanol–water partition coefficient (Wildman–Crippen LogP) is 3.85. The molecule has 3 aromatic rings. The van der Waals surface area contributed by atoms with Gasteiger partial charge >= 0.3 is 0 Å². The van der Waals surface area contributed by atoms with Crippen LogP contribution < -0.4 is 5.56 Å². The van der Waals surface area contributed by atoms with Crippen molar-refractivity contribution in [2.45, 2.75) is 45.9 Å². The van der Waals surface area contributed by atoms with Crippen LogP contribution in [-0.2, 0) is 22.6 Å². The van der Waals surface area contributed by atoms with Crippen molar-refractivity contribution in [3.05, 3.63) is 81.1 Å². The SMILES string of the molecule is Cc1ccc(CN(Cc2cc3cc(C)ccc3[nH]c2=O)C(=O)[C@H]2CCCO2)cc1. The maximum atomic E-state index is 13.1. The molecule has 29 heavy (non-hydrogen) atoms. The van der Waals surface area contributed by atoms with E-state index in [9.17, 15) is 9.59 Å². The van der Waals surface area contributed by atoms with Gasteiger partial charge in [-0.05, 0) is 55.8 Å². The van der Waals surface area contributed by atoms with E-state index in [2.05, 4.69) is 4.98 Å². The summed E-state index contributed by atoms with van der Waals surface area (Å²) in [4.78, 5) is 30.5. The standard InChI is InChI=1S/C24H26N2O3/c1-16-5-8-18(9-6-16)14-26(24(28)22-4-3-11-29-22)15-20-13-19-12-17(2)7-10-21(19)25-23(20)27/h5-10,12-13,22H,3-4,11,14-15H2,1-2H3,(H,25,27)/t22-/m1/s1. The van der Waals surface area contributed by atoms with Crippen molar-refractivity contribution >= 4 is 16.8 Å². The van der Waals surface area contributed by atoms with Crippen molar-refractivity contribution in [1.29, 1.82) is 0 Å². The zero-order valence-corrected chi connectivity index (χ0v) is 16.9. The Labute approximate surface area is 170 Å². The molecule has 1 aliphatic rings. The van der Waals surface area contributed by atoms with Gasteiger partial charge in [0, 0.05) is 24.2 Å². The second-order valence-electron chi connectivity index (χ2n) is 7.90. The number of rotatable bonds is 5. The molecule has 1 amide bonds. The Morgan fingerprint density at radius 2 is 1.83 bits per heavy atom. The average molecular weight is 390 g/mol. The van der Waals surface area contributed by atoms with Gasteiger partial charge in [0.15, 0.2) is 0 Å². The Morgan fingerprint density at radius 1 is 1.07 bits per heavy atom. The van der Waals surface area contributed by atoms with E-state index in [1.807, 2.05) is 62.4 Å². The molecule has 1 fully saturated rings. The highest BCUT2D eigenvalue weighted by Gasteiger charge is 2.29. The van der Waals surface area contributed by atoms with Crippen LogP contribution in [0.5, 0.6) is 0 Å². The van der Waals surface area contributed by atoms with Gasteiger partial charge in [0.1, 0.15) is 6.10 Å². The van der Waals surface area contributed by atoms with E-state index in [0.29, 0.717) is 18.7 Å². The second kappa shape index (κ2) is 8.21. The highest BCUT2D eigenvalue weighted by Crippen LogP contribution is 2.20. The minimum absolute atomic E-state index is 0.0492. The first-order valence-electron chi connectivity index (χ1n) is 10.1. The average Bonchev–Trinajstić information content (AvgIpc) is 3.24. The smallest absolute Gasteiger partial charge is 0.253 e. The molecule has 150 valence electrons. The number of nitrogens with zero attached hydrogens (tertiary/aromatic N) is 1. The molecule has 2 heterocycles. The van der Waals surface area contributed by atoms with Gasteiger partial charge in [0.05, 0.1) is 6.54 Å². The van der Waals surface area contributed by atoms with Crippen LogP contribution in [-0.4, -0.2) is 28.5 Å². The highest BCUT2D eigenvalue weighted by molar-refractivity contribution is 5.82. The lowest BCUT2D eigenvalue weighted by Gasteiger charge is -2.25. The second-order valence-corrected chi connectivity index (χ2v) is 7.90. The van der Waals surface area contributed by atoms with E-state index in [0.717, 1.165) is 34.9 Å². The molecule has 0 saturated carbocycles. The van der Waals surface area contributed by atoms with Crippen molar-refractivity contribution < 1.29 is 9.53 Å². The minimum Gasteiger partial charge on any atom is -0.368 e. The molecular weight excluding hydrogens is 364 g/mol. The number of amides is 1. The number of aromatic amines is 1. The minimum atomic E-state index is -0.415. The molecule has 1 N–H and O–H groups in total. The lowest BCUT2D eigenvalue weighted by Crippen LogP contribution is -2.39. The Balaban J connectivity index is 1.66. The topological polar surface area (TPSA) is 62.4 Å². The number of carbonyl (C=O) groups excluding carboxylic acids is 1. The van der Waals surface area contributed by atoms with Gasteiger partial charge in [-0.1, -0.05) is 41.5 Å². The maximum absolute atomic E-state index is 13.1. The monoisotopic (exact) mass is 390 g/mol. The number of pyridine rings is 1.